The van der Waals surface area contributed by atoms with Gasteiger partial charge in [0.25, 0.3) is 0 Å². The van der Waals surface area contributed by atoms with Gasteiger partial charge in [-0.15, -0.1) is 0 Å². The molecule has 0 spiro atoms. The van der Waals surface area contributed by atoms with E-state index in [2.05, 4.69) is 30.8 Å². The second-order valence-electron chi connectivity index (χ2n) is 4.11. The molecule has 86 valence electrons. The van der Waals surface area contributed by atoms with Gasteiger partial charge in [0, 0.05) is 18.5 Å². The smallest absolute Gasteiger partial charge is 0.0245 e. The van der Waals surface area contributed by atoms with Crippen molar-refractivity contribution in [1.82, 2.24) is 4.90 Å². The molecule has 0 radical (unpaired) electrons. The molecule has 0 saturated heterocycles. The molecule has 2 nitrogen and oxygen atoms in total. The van der Waals surface area contributed by atoms with Crippen molar-refractivity contribution < 1.29 is 0 Å². The Morgan fingerprint density at radius 2 is 1.88 bits per heavy atom. The molecule has 0 aliphatic rings. The van der Waals surface area contributed by atoms with Crippen LogP contribution < -0.4 is 5.73 Å². The molecule has 0 amide bonds. The Labute approximate surface area is 98.4 Å². The summed E-state index contributed by atoms with van der Waals surface area (Å²) in [6.07, 6.45) is 2.08. The molecule has 0 atom stereocenters. The third-order valence-electron chi connectivity index (χ3n) is 2.33. The van der Waals surface area contributed by atoms with E-state index in [4.69, 9.17) is 5.73 Å². The van der Waals surface area contributed by atoms with Crippen LogP contribution in [-0.2, 0) is 6.54 Å². The fourth-order valence-corrected chi connectivity index (χ4v) is 1.37. The van der Waals surface area contributed by atoms with E-state index in [9.17, 15) is 0 Å². The monoisotopic (exact) mass is 216 g/mol. The fourth-order valence-electron chi connectivity index (χ4n) is 1.37. The lowest BCUT2D eigenvalue weighted by atomic mass is 10.1. The van der Waals surface area contributed by atoms with E-state index in [1.807, 2.05) is 24.3 Å². The van der Waals surface area contributed by atoms with Crippen LogP contribution in [0.3, 0.4) is 0 Å². The molecular weight excluding hydrogens is 196 g/mol. The van der Waals surface area contributed by atoms with Crippen LogP contribution in [0.2, 0.25) is 0 Å². The Morgan fingerprint density at radius 1 is 1.19 bits per heavy atom. The van der Waals surface area contributed by atoms with Crippen molar-refractivity contribution in [2.24, 2.45) is 5.73 Å². The fraction of sp³-hybridized carbons (Fsp3) is 0.429. The summed E-state index contributed by atoms with van der Waals surface area (Å²) in [5.74, 6) is 6.35. The quantitative estimate of drug-likeness (QED) is 0.614. The van der Waals surface area contributed by atoms with Crippen molar-refractivity contribution in [2.75, 3.05) is 20.6 Å². The molecule has 0 saturated carbocycles. The van der Waals surface area contributed by atoms with Crippen LogP contribution in [0.15, 0.2) is 24.3 Å². The van der Waals surface area contributed by atoms with E-state index in [1.54, 1.807) is 0 Å². The average Bonchev–Trinajstić information content (AvgIpc) is 2.29. The van der Waals surface area contributed by atoms with Gasteiger partial charge in [-0.05, 0) is 44.8 Å². The largest absolute Gasteiger partial charge is 0.326 e. The SMILES string of the molecule is CN(C)CCCC#Cc1ccc(CN)cc1. The average molecular weight is 216 g/mol. The van der Waals surface area contributed by atoms with Gasteiger partial charge >= 0.3 is 0 Å². The molecule has 1 aromatic rings. The highest BCUT2D eigenvalue weighted by Gasteiger charge is 1.89. The first kappa shape index (κ1) is 12.8. The molecule has 2 heteroatoms. The molecule has 0 aromatic heterocycles. The van der Waals surface area contributed by atoms with Gasteiger partial charge in [0.15, 0.2) is 0 Å². The molecule has 0 bridgehead atoms. The summed E-state index contributed by atoms with van der Waals surface area (Å²) in [5.41, 5.74) is 7.75. The van der Waals surface area contributed by atoms with Crippen molar-refractivity contribution in [2.45, 2.75) is 19.4 Å². The molecule has 0 heterocycles. The molecule has 0 aliphatic carbocycles. The molecule has 0 aliphatic heterocycles. The van der Waals surface area contributed by atoms with Gasteiger partial charge in [-0.1, -0.05) is 24.0 Å². The molecule has 0 unspecified atom stereocenters. The second-order valence-corrected chi connectivity index (χ2v) is 4.11. The molecule has 16 heavy (non-hydrogen) atoms. The van der Waals surface area contributed by atoms with Crippen molar-refractivity contribution in [3.8, 4) is 11.8 Å². The summed E-state index contributed by atoms with van der Waals surface area (Å²) in [4.78, 5) is 2.18. The topological polar surface area (TPSA) is 29.3 Å². The zero-order valence-electron chi connectivity index (χ0n) is 10.2. The summed E-state index contributed by atoms with van der Waals surface area (Å²) >= 11 is 0. The summed E-state index contributed by atoms with van der Waals surface area (Å²) in [7, 11) is 4.16. The third kappa shape index (κ3) is 4.97. The first-order chi connectivity index (χ1) is 7.72. The van der Waals surface area contributed by atoms with E-state index in [-0.39, 0.29) is 0 Å². The Balaban J connectivity index is 2.38. The predicted molar refractivity (Wildman–Crippen MR) is 69.0 cm³/mol. The highest BCUT2D eigenvalue weighted by atomic mass is 15.0. The van der Waals surface area contributed by atoms with Crippen LogP contribution in [0.5, 0.6) is 0 Å². The molecule has 1 rings (SSSR count). The summed E-state index contributed by atoms with van der Waals surface area (Å²) in [5, 5.41) is 0. The van der Waals surface area contributed by atoms with E-state index >= 15 is 0 Å². The number of nitrogens with zero attached hydrogens (tertiary/aromatic N) is 1. The van der Waals surface area contributed by atoms with E-state index < -0.39 is 0 Å². The Kier molecular flexibility index (Phi) is 5.63. The second kappa shape index (κ2) is 7.05. The number of unbranched alkanes of at least 4 members (excludes halogenated alkanes) is 1. The van der Waals surface area contributed by atoms with Gasteiger partial charge in [-0.25, -0.2) is 0 Å². The first-order valence-electron chi connectivity index (χ1n) is 5.65. The number of rotatable bonds is 4. The van der Waals surface area contributed by atoms with Gasteiger partial charge in [0.1, 0.15) is 0 Å². The van der Waals surface area contributed by atoms with Crippen molar-refractivity contribution in [3.63, 3.8) is 0 Å². The molecular formula is C14H20N2. The number of hydrogen-bond donors (Lipinski definition) is 1. The third-order valence-corrected chi connectivity index (χ3v) is 2.33. The zero-order valence-corrected chi connectivity index (χ0v) is 10.2. The van der Waals surface area contributed by atoms with Crippen LogP contribution in [0.1, 0.15) is 24.0 Å². The zero-order chi connectivity index (χ0) is 11.8. The van der Waals surface area contributed by atoms with Gasteiger partial charge < -0.3 is 10.6 Å². The van der Waals surface area contributed by atoms with Gasteiger partial charge in [-0.2, -0.15) is 0 Å². The van der Waals surface area contributed by atoms with Gasteiger partial charge in [0.2, 0.25) is 0 Å². The van der Waals surface area contributed by atoms with Crippen molar-refractivity contribution in [1.29, 1.82) is 0 Å². The Bertz CT molecular complexity index is 355. The van der Waals surface area contributed by atoms with Crippen LogP contribution in [-0.4, -0.2) is 25.5 Å². The summed E-state index contributed by atoms with van der Waals surface area (Å²) in [6.45, 7) is 1.69. The predicted octanol–water partition coefficient (Wildman–Crippen LogP) is 1.84. The lowest BCUT2D eigenvalue weighted by molar-refractivity contribution is 0.403. The Morgan fingerprint density at radius 3 is 2.44 bits per heavy atom. The van der Waals surface area contributed by atoms with Crippen LogP contribution >= 0.6 is 0 Å². The Hall–Kier alpha value is -1.30. The molecule has 1 aromatic carbocycles. The number of nitrogens with two attached hydrogens (primary N) is 1. The maximum Gasteiger partial charge on any atom is 0.0245 e. The number of hydrogen-bond acceptors (Lipinski definition) is 2. The van der Waals surface area contributed by atoms with E-state index in [1.165, 1.54) is 0 Å². The van der Waals surface area contributed by atoms with Crippen LogP contribution in [0.4, 0.5) is 0 Å². The van der Waals surface area contributed by atoms with Crippen LogP contribution in [0, 0.1) is 11.8 Å². The minimum Gasteiger partial charge on any atom is -0.326 e. The summed E-state index contributed by atoms with van der Waals surface area (Å²) in [6, 6.07) is 8.12. The summed E-state index contributed by atoms with van der Waals surface area (Å²) < 4.78 is 0. The standard InChI is InChI=1S/C14H20N2/c1-16(2)11-5-3-4-6-13-7-9-14(12-15)10-8-13/h7-10H,3,5,11-12,15H2,1-2H3. The highest BCUT2D eigenvalue weighted by molar-refractivity contribution is 5.36. The van der Waals surface area contributed by atoms with Crippen molar-refractivity contribution >= 4 is 0 Å². The highest BCUT2D eigenvalue weighted by Crippen LogP contribution is 2.02. The normalized spacial score (nSPS) is 10.0. The lowest BCUT2D eigenvalue weighted by Crippen LogP contribution is -2.12. The van der Waals surface area contributed by atoms with Gasteiger partial charge in [-0.3, -0.25) is 0 Å². The van der Waals surface area contributed by atoms with E-state index in [0.717, 1.165) is 30.5 Å². The minimum absolute atomic E-state index is 0.594. The maximum atomic E-state index is 5.53. The minimum atomic E-state index is 0.594. The molecule has 2 N–H and O–H groups in total. The van der Waals surface area contributed by atoms with Crippen LogP contribution in [0.25, 0.3) is 0 Å². The van der Waals surface area contributed by atoms with Crippen molar-refractivity contribution in [3.05, 3.63) is 35.4 Å². The van der Waals surface area contributed by atoms with Gasteiger partial charge in [0.05, 0.1) is 0 Å². The first-order valence-corrected chi connectivity index (χ1v) is 5.65. The molecule has 0 fully saturated rings. The maximum absolute atomic E-state index is 5.53. The number of benzene rings is 1. The lowest BCUT2D eigenvalue weighted by Gasteiger charge is -2.05. The van der Waals surface area contributed by atoms with E-state index in [0.29, 0.717) is 6.54 Å².